The third kappa shape index (κ3) is 3.38. The number of rotatable bonds is 5. The fourth-order valence-corrected chi connectivity index (χ4v) is 2.20. The molecule has 0 aliphatic heterocycles. The molecule has 0 spiro atoms. The molecule has 0 saturated carbocycles. The van der Waals surface area contributed by atoms with Crippen LogP contribution in [-0.2, 0) is 6.54 Å². The van der Waals surface area contributed by atoms with Crippen molar-refractivity contribution in [1.29, 1.82) is 0 Å². The minimum atomic E-state index is 0.616. The zero-order valence-corrected chi connectivity index (χ0v) is 12.0. The van der Waals surface area contributed by atoms with Crippen LogP contribution >= 0.6 is 0 Å². The van der Waals surface area contributed by atoms with Crippen molar-refractivity contribution in [1.82, 2.24) is 10.3 Å². The van der Waals surface area contributed by atoms with Crippen LogP contribution in [0.1, 0.15) is 12.5 Å². The van der Waals surface area contributed by atoms with E-state index in [1.165, 1.54) is 10.8 Å². The lowest BCUT2D eigenvalue weighted by Crippen LogP contribution is -2.11. The molecule has 0 radical (unpaired) electrons. The predicted molar refractivity (Wildman–Crippen MR) is 85.6 cm³/mol. The molecule has 1 N–H and O–H groups in total. The van der Waals surface area contributed by atoms with E-state index in [1.54, 1.807) is 0 Å². The second kappa shape index (κ2) is 6.37. The van der Waals surface area contributed by atoms with Crippen LogP contribution in [0, 0.1) is 0 Å². The standard InChI is InChI=1S/C18H18N2O/c1-2-19-12-14-7-10-18(20-13-14)21-17-9-8-15-5-3-4-6-16(15)11-17/h3-11,13,19H,2,12H2,1H3. The molecule has 21 heavy (non-hydrogen) atoms. The van der Waals surface area contributed by atoms with Crippen molar-refractivity contribution in [3.63, 3.8) is 0 Å². The first kappa shape index (κ1) is 13.6. The lowest BCUT2D eigenvalue weighted by Gasteiger charge is -2.07. The monoisotopic (exact) mass is 278 g/mol. The lowest BCUT2D eigenvalue weighted by atomic mass is 10.1. The Hall–Kier alpha value is -2.39. The minimum absolute atomic E-state index is 0.616. The van der Waals surface area contributed by atoms with Gasteiger partial charge in [-0.2, -0.15) is 0 Å². The van der Waals surface area contributed by atoms with Gasteiger partial charge >= 0.3 is 0 Å². The number of ether oxygens (including phenoxy) is 1. The van der Waals surface area contributed by atoms with Crippen molar-refractivity contribution in [2.75, 3.05) is 6.54 Å². The molecule has 3 rings (SSSR count). The lowest BCUT2D eigenvalue weighted by molar-refractivity contribution is 0.463. The molecular weight excluding hydrogens is 260 g/mol. The molecule has 0 saturated heterocycles. The first-order chi connectivity index (χ1) is 10.3. The highest BCUT2D eigenvalue weighted by molar-refractivity contribution is 5.83. The number of fused-ring (bicyclic) bond motifs is 1. The summed E-state index contributed by atoms with van der Waals surface area (Å²) in [5.74, 6) is 1.42. The molecule has 3 heteroatoms. The van der Waals surface area contributed by atoms with Gasteiger partial charge in [0.1, 0.15) is 5.75 Å². The quantitative estimate of drug-likeness (QED) is 0.761. The van der Waals surface area contributed by atoms with Crippen molar-refractivity contribution in [2.24, 2.45) is 0 Å². The van der Waals surface area contributed by atoms with Crippen LogP contribution in [0.2, 0.25) is 0 Å². The summed E-state index contributed by atoms with van der Waals surface area (Å²) >= 11 is 0. The summed E-state index contributed by atoms with van der Waals surface area (Å²) in [6.07, 6.45) is 1.85. The van der Waals surface area contributed by atoms with Crippen LogP contribution < -0.4 is 10.1 Å². The molecule has 0 atom stereocenters. The van der Waals surface area contributed by atoms with E-state index < -0.39 is 0 Å². The van der Waals surface area contributed by atoms with Crippen LogP contribution in [0.3, 0.4) is 0 Å². The number of nitrogens with zero attached hydrogens (tertiary/aromatic N) is 1. The maximum Gasteiger partial charge on any atom is 0.219 e. The van der Waals surface area contributed by atoms with E-state index in [0.29, 0.717) is 5.88 Å². The number of pyridine rings is 1. The Bertz CT molecular complexity index is 723. The summed E-state index contributed by atoms with van der Waals surface area (Å²) in [7, 11) is 0. The first-order valence-electron chi connectivity index (χ1n) is 7.17. The molecule has 2 aromatic carbocycles. The fraction of sp³-hybridized carbons (Fsp3) is 0.167. The number of benzene rings is 2. The molecule has 3 aromatic rings. The normalized spacial score (nSPS) is 10.7. The number of hydrogen-bond donors (Lipinski definition) is 1. The molecule has 0 aliphatic rings. The van der Waals surface area contributed by atoms with Gasteiger partial charge in [0.25, 0.3) is 0 Å². The Kier molecular flexibility index (Phi) is 4.12. The summed E-state index contributed by atoms with van der Waals surface area (Å²) in [6.45, 7) is 3.87. The van der Waals surface area contributed by atoms with Gasteiger partial charge in [-0.05, 0) is 35.0 Å². The number of nitrogens with one attached hydrogen (secondary N) is 1. The Morgan fingerprint density at radius 2 is 1.86 bits per heavy atom. The van der Waals surface area contributed by atoms with Gasteiger partial charge in [0.15, 0.2) is 0 Å². The van der Waals surface area contributed by atoms with E-state index >= 15 is 0 Å². The van der Waals surface area contributed by atoms with E-state index in [4.69, 9.17) is 4.74 Å². The Balaban J connectivity index is 1.75. The van der Waals surface area contributed by atoms with Crippen molar-refractivity contribution in [3.05, 3.63) is 66.4 Å². The average molecular weight is 278 g/mol. The number of hydrogen-bond acceptors (Lipinski definition) is 3. The molecule has 0 unspecified atom stereocenters. The predicted octanol–water partition coefficient (Wildman–Crippen LogP) is 4.14. The smallest absolute Gasteiger partial charge is 0.219 e. The van der Waals surface area contributed by atoms with E-state index in [0.717, 1.165) is 24.4 Å². The maximum absolute atomic E-state index is 5.81. The zero-order valence-electron chi connectivity index (χ0n) is 12.0. The molecule has 106 valence electrons. The van der Waals surface area contributed by atoms with Gasteiger partial charge in [-0.25, -0.2) is 4.98 Å². The van der Waals surface area contributed by atoms with Crippen molar-refractivity contribution < 1.29 is 4.74 Å². The van der Waals surface area contributed by atoms with Gasteiger partial charge in [0.05, 0.1) is 0 Å². The maximum atomic E-state index is 5.81. The molecular formula is C18H18N2O. The zero-order chi connectivity index (χ0) is 14.5. The highest BCUT2D eigenvalue weighted by Gasteiger charge is 2.01. The van der Waals surface area contributed by atoms with Gasteiger partial charge in [0, 0.05) is 18.8 Å². The Labute approximate surface area is 124 Å². The fourth-order valence-electron chi connectivity index (χ4n) is 2.20. The van der Waals surface area contributed by atoms with Crippen molar-refractivity contribution in [3.8, 4) is 11.6 Å². The molecule has 0 amide bonds. The van der Waals surface area contributed by atoms with Crippen molar-refractivity contribution >= 4 is 10.8 Å². The van der Waals surface area contributed by atoms with Crippen LogP contribution in [0.5, 0.6) is 11.6 Å². The molecule has 0 fully saturated rings. The van der Waals surface area contributed by atoms with Crippen LogP contribution in [0.15, 0.2) is 60.8 Å². The van der Waals surface area contributed by atoms with Crippen LogP contribution in [0.25, 0.3) is 10.8 Å². The molecule has 1 aromatic heterocycles. The summed E-state index contributed by atoms with van der Waals surface area (Å²) in [4.78, 5) is 4.34. The third-order valence-electron chi connectivity index (χ3n) is 3.32. The summed E-state index contributed by atoms with van der Waals surface area (Å²) in [6, 6.07) is 18.2. The van der Waals surface area contributed by atoms with Gasteiger partial charge in [0.2, 0.25) is 5.88 Å². The van der Waals surface area contributed by atoms with Gasteiger partial charge in [-0.3, -0.25) is 0 Å². The highest BCUT2D eigenvalue weighted by atomic mass is 16.5. The SMILES string of the molecule is CCNCc1ccc(Oc2ccc3ccccc3c2)nc1. The van der Waals surface area contributed by atoms with E-state index in [9.17, 15) is 0 Å². The van der Waals surface area contributed by atoms with E-state index in [2.05, 4.69) is 35.4 Å². The molecule has 3 nitrogen and oxygen atoms in total. The van der Waals surface area contributed by atoms with Crippen molar-refractivity contribution in [2.45, 2.75) is 13.5 Å². The minimum Gasteiger partial charge on any atom is -0.439 e. The van der Waals surface area contributed by atoms with E-state index in [-0.39, 0.29) is 0 Å². The second-order valence-electron chi connectivity index (χ2n) is 4.90. The highest BCUT2D eigenvalue weighted by Crippen LogP contribution is 2.24. The third-order valence-corrected chi connectivity index (χ3v) is 3.32. The van der Waals surface area contributed by atoms with Crippen LogP contribution in [-0.4, -0.2) is 11.5 Å². The number of aromatic nitrogens is 1. The topological polar surface area (TPSA) is 34.1 Å². The largest absolute Gasteiger partial charge is 0.439 e. The summed E-state index contributed by atoms with van der Waals surface area (Å²) in [5, 5.41) is 5.65. The molecule has 0 bridgehead atoms. The van der Waals surface area contributed by atoms with Gasteiger partial charge < -0.3 is 10.1 Å². The van der Waals surface area contributed by atoms with Gasteiger partial charge in [-0.1, -0.05) is 43.3 Å². The van der Waals surface area contributed by atoms with Gasteiger partial charge in [-0.15, -0.1) is 0 Å². The average Bonchev–Trinajstić information content (AvgIpc) is 2.54. The van der Waals surface area contributed by atoms with Crippen LogP contribution in [0.4, 0.5) is 0 Å². The Morgan fingerprint density at radius 1 is 1.00 bits per heavy atom. The molecule has 0 aliphatic carbocycles. The summed E-state index contributed by atoms with van der Waals surface area (Å²) < 4.78 is 5.81. The first-order valence-corrected chi connectivity index (χ1v) is 7.17. The Morgan fingerprint density at radius 3 is 2.62 bits per heavy atom. The second-order valence-corrected chi connectivity index (χ2v) is 4.90. The summed E-state index contributed by atoms with van der Waals surface area (Å²) in [5.41, 5.74) is 1.16. The molecule has 1 heterocycles. The van der Waals surface area contributed by atoms with E-state index in [1.807, 2.05) is 42.6 Å².